The van der Waals surface area contributed by atoms with Crippen molar-refractivity contribution in [2.24, 2.45) is 0 Å². The molecule has 4 unspecified atom stereocenters. The predicted molar refractivity (Wildman–Crippen MR) is 78.4 cm³/mol. The molecule has 2 aliphatic rings. The zero-order valence-corrected chi connectivity index (χ0v) is 12.2. The monoisotopic (exact) mass is 282 g/mol. The minimum atomic E-state index is -0.753. The first-order valence-electron chi connectivity index (χ1n) is 7.26. The van der Waals surface area contributed by atoms with E-state index in [0.29, 0.717) is 0 Å². The Balaban J connectivity index is 1.69. The molecule has 3 nitrogen and oxygen atoms in total. The summed E-state index contributed by atoms with van der Waals surface area (Å²) >= 11 is 0. The van der Waals surface area contributed by atoms with E-state index in [1.54, 1.807) is 0 Å². The highest BCUT2D eigenvalue weighted by atomic mass is 16.9. The van der Waals surface area contributed by atoms with Crippen LogP contribution in [0.25, 0.3) is 0 Å². The first kappa shape index (κ1) is 13.0. The fourth-order valence-electron chi connectivity index (χ4n) is 3.36. The van der Waals surface area contributed by atoms with Gasteiger partial charge in [0.15, 0.2) is 11.6 Å². The first-order chi connectivity index (χ1) is 10.1. The van der Waals surface area contributed by atoms with Gasteiger partial charge in [-0.15, -0.1) is 0 Å². The lowest BCUT2D eigenvalue weighted by Gasteiger charge is -2.35. The van der Waals surface area contributed by atoms with E-state index in [1.165, 1.54) is 0 Å². The molecular weight excluding hydrogens is 264 g/mol. The van der Waals surface area contributed by atoms with Crippen molar-refractivity contribution >= 4 is 0 Å². The molecule has 0 spiro atoms. The van der Waals surface area contributed by atoms with Crippen LogP contribution in [-0.2, 0) is 14.2 Å². The molecule has 0 aliphatic carbocycles. The lowest BCUT2D eigenvalue weighted by atomic mass is 9.99. The van der Waals surface area contributed by atoms with Crippen LogP contribution in [0.15, 0.2) is 60.7 Å². The second-order valence-electron chi connectivity index (χ2n) is 5.95. The summed E-state index contributed by atoms with van der Waals surface area (Å²) in [5, 5.41) is 0. The quantitative estimate of drug-likeness (QED) is 0.834. The molecule has 3 heteroatoms. The van der Waals surface area contributed by atoms with E-state index in [-0.39, 0.29) is 12.2 Å². The van der Waals surface area contributed by atoms with Crippen molar-refractivity contribution in [1.29, 1.82) is 0 Å². The van der Waals surface area contributed by atoms with Crippen molar-refractivity contribution in [1.82, 2.24) is 0 Å². The Morgan fingerprint density at radius 1 is 0.667 bits per heavy atom. The third-order valence-electron chi connectivity index (χ3n) is 4.27. The van der Waals surface area contributed by atoms with E-state index >= 15 is 0 Å². The Kier molecular flexibility index (Phi) is 2.73. The van der Waals surface area contributed by atoms with Gasteiger partial charge in [-0.25, -0.2) is 0 Å². The van der Waals surface area contributed by atoms with E-state index in [0.717, 1.165) is 11.1 Å². The van der Waals surface area contributed by atoms with Crippen LogP contribution in [0.4, 0.5) is 0 Å². The highest BCUT2D eigenvalue weighted by molar-refractivity contribution is 5.26. The Morgan fingerprint density at radius 2 is 1.05 bits per heavy atom. The van der Waals surface area contributed by atoms with Gasteiger partial charge < -0.3 is 14.2 Å². The molecule has 2 aromatic carbocycles. The van der Waals surface area contributed by atoms with E-state index in [1.807, 2.05) is 74.5 Å². The van der Waals surface area contributed by atoms with Crippen molar-refractivity contribution in [3.63, 3.8) is 0 Å². The van der Waals surface area contributed by atoms with Crippen molar-refractivity contribution in [2.45, 2.75) is 37.6 Å². The summed E-state index contributed by atoms with van der Waals surface area (Å²) in [6, 6.07) is 20.2. The minimum absolute atomic E-state index is 0.205. The van der Waals surface area contributed by atoms with E-state index < -0.39 is 11.6 Å². The van der Waals surface area contributed by atoms with Gasteiger partial charge in [0.1, 0.15) is 12.2 Å². The van der Waals surface area contributed by atoms with Gasteiger partial charge in [-0.3, -0.25) is 0 Å². The van der Waals surface area contributed by atoms with Gasteiger partial charge in [-0.2, -0.15) is 0 Å². The van der Waals surface area contributed by atoms with E-state index in [4.69, 9.17) is 14.2 Å². The van der Waals surface area contributed by atoms with Crippen molar-refractivity contribution in [3.8, 4) is 0 Å². The molecular formula is C18H18O3. The molecule has 108 valence electrons. The maximum atomic E-state index is 6.26. The smallest absolute Gasteiger partial charge is 0.200 e. The third-order valence-corrected chi connectivity index (χ3v) is 4.27. The maximum absolute atomic E-state index is 6.26. The number of fused-ring (bicyclic) bond motifs is 2. The number of rotatable bonds is 2. The standard InChI is InChI=1S/C18H18O3/c1-17-15(13-9-5-3-6-10-13)20-18(2,21-17)16(19-17)14-11-7-4-8-12-14/h3-12,15-16H,1-2H3. The van der Waals surface area contributed by atoms with Gasteiger partial charge in [0.25, 0.3) is 0 Å². The van der Waals surface area contributed by atoms with Crippen molar-refractivity contribution in [3.05, 3.63) is 71.8 Å². The topological polar surface area (TPSA) is 27.7 Å². The largest absolute Gasteiger partial charge is 0.334 e. The number of benzene rings is 2. The zero-order chi connectivity index (χ0) is 14.5. The van der Waals surface area contributed by atoms with Crippen LogP contribution in [0, 0.1) is 0 Å². The summed E-state index contributed by atoms with van der Waals surface area (Å²) < 4.78 is 18.7. The molecule has 2 aromatic rings. The lowest BCUT2D eigenvalue weighted by Crippen LogP contribution is -2.37. The molecule has 0 aromatic heterocycles. The molecule has 2 heterocycles. The molecule has 0 saturated carbocycles. The van der Waals surface area contributed by atoms with E-state index in [9.17, 15) is 0 Å². The second-order valence-corrected chi connectivity index (χ2v) is 5.95. The maximum Gasteiger partial charge on any atom is 0.200 e. The van der Waals surface area contributed by atoms with Gasteiger partial charge in [-0.05, 0) is 25.0 Å². The van der Waals surface area contributed by atoms with Crippen LogP contribution in [0.3, 0.4) is 0 Å². The summed E-state index contributed by atoms with van der Waals surface area (Å²) in [5.41, 5.74) is 2.16. The molecule has 0 N–H and O–H groups in total. The number of hydrogen-bond acceptors (Lipinski definition) is 3. The van der Waals surface area contributed by atoms with Gasteiger partial charge >= 0.3 is 0 Å². The van der Waals surface area contributed by atoms with Crippen LogP contribution in [-0.4, -0.2) is 11.6 Å². The molecule has 2 saturated heterocycles. The first-order valence-corrected chi connectivity index (χ1v) is 7.26. The molecule has 0 radical (unpaired) electrons. The fraction of sp³-hybridized carbons (Fsp3) is 0.333. The highest BCUT2D eigenvalue weighted by Crippen LogP contribution is 2.59. The fourth-order valence-corrected chi connectivity index (χ4v) is 3.36. The molecule has 21 heavy (non-hydrogen) atoms. The molecule has 4 rings (SSSR count). The number of ether oxygens (including phenoxy) is 3. The Bertz CT molecular complexity index is 585. The van der Waals surface area contributed by atoms with Gasteiger partial charge in [0, 0.05) is 0 Å². The molecule has 4 atom stereocenters. The summed E-state index contributed by atoms with van der Waals surface area (Å²) in [4.78, 5) is 0. The number of hydrogen-bond donors (Lipinski definition) is 0. The average molecular weight is 282 g/mol. The van der Waals surface area contributed by atoms with Crippen LogP contribution >= 0.6 is 0 Å². The Labute approximate surface area is 124 Å². The summed E-state index contributed by atoms with van der Waals surface area (Å²) in [7, 11) is 0. The summed E-state index contributed by atoms with van der Waals surface area (Å²) in [5.74, 6) is -1.51. The van der Waals surface area contributed by atoms with E-state index in [2.05, 4.69) is 0 Å². The molecule has 2 aliphatic heterocycles. The zero-order valence-electron chi connectivity index (χ0n) is 12.2. The minimum Gasteiger partial charge on any atom is -0.334 e. The average Bonchev–Trinajstić information content (AvgIpc) is 2.94. The van der Waals surface area contributed by atoms with Gasteiger partial charge in [0.2, 0.25) is 0 Å². The van der Waals surface area contributed by atoms with Crippen LogP contribution in [0.2, 0.25) is 0 Å². The summed E-state index contributed by atoms with van der Waals surface area (Å²) in [6.07, 6.45) is -0.410. The van der Waals surface area contributed by atoms with Crippen LogP contribution in [0.5, 0.6) is 0 Å². The van der Waals surface area contributed by atoms with Crippen LogP contribution < -0.4 is 0 Å². The summed E-state index contributed by atoms with van der Waals surface area (Å²) in [6.45, 7) is 3.91. The third kappa shape index (κ3) is 1.93. The lowest BCUT2D eigenvalue weighted by molar-refractivity contribution is -0.215. The normalized spacial score (nSPS) is 37.8. The van der Waals surface area contributed by atoms with Gasteiger partial charge in [-0.1, -0.05) is 60.7 Å². The van der Waals surface area contributed by atoms with Crippen molar-refractivity contribution in [2.75, 3.05) is 0 Å². The molecule has 2 fully saturated rings. The van der Waals surface area contributed by atoms with Crippen molar-refractivity contribution < 1.29 is 14.2 Å². The van der Waals surface area contributed by atoms with Gasteiger partial charge in [0.05, 0.1) is 0 Å². The second kappa shape index (κ2) is 4.41. The van der Waals surface area contributed by atoms with Crippen LogP contribution in [0.1, 0.15) is 37.2 Å². The predicted octanol–water partition coefficient (Wildman–Crippen LogP) is 3.98. The molecule has 0 amide bonds. The Hall–Kier alpha value is -1.68. The highest BCUT2D eigenvalue weighted by Gasteiger charge is 2.65. The SMILES string of the molecule is CC12OC(c3ccccc3)C(C)(OC1c1ccccc1)O2. The molecule has 2 bridgehead atoms. The Morgan fingerprint density at radius 3 is 1.38 bits per heavy atom.